The highest BCUT2D eigenvalue weighted by Crippen LogP contribution is 2.26. The van der Waals surface area contributed by atoms with Crippen LogP contribution in [-0.4, -0.2) is 63.3 Å². The lowest BCUT2D eigenvalue weighted by atomic mass is 9.91. The van der Waals surface area contributed by atoms with Crippen LogP contribution in [0, 0.1) is 5.92 Å². The van der Waals surface area contributed by atoms with Crippen LogP contribution in [0.5, 0.6) is 0 Å². The SMILES string of the molecule is OC[C@H]1CO[C@@](O)(CO)[C@@H](O)[C@@H]1O. The molecule has 0 bridgehead atoms. The van der Waals surface area contributed by atoms with Crippen molar-refractivity contribution in [2.24, 2.45) is 5.92 Å². The Kier molecular flexibility index (Phi) is 3.23. The molecule has 0 aromatic heterocycles. The van der Waals surface area contributed by atoms with E-state index in [1.165, 1.54) is 0 Å². The van der Waals surface area contributed by atoms with Gasteiger partial charge in [-0.05, 0) is 0 Å². The number of hydrogen-bond acceptors (Lipinski definition) is 6. The maximum absolute atomic E-state index is 9.37. The molecule has 0 spiro atoms. The summed E-state index contributed by atoms with van der Waals surface area (Å²) in [5, 5.41) is 45.4. The molecule has 5 N–H and O–H groups in total. The van der Waals surface area contributed by atoms with Crippen LogP contribution in [0.1, 0.15) is 0 Å². The summed E-state index contributed by atoms with van der Waals surface area (Å²) in [6.07, 6.45) is -2.90. The zero-order chi connectivity index (χ0) is 10.1. The van der Waals surface area contributed by atoms with Gasteiger partial charge in [-0.2, -0.15) is 0 Å². The molecule has 0 saturated carbocycles. The Balaban J connectivity index is 2.69. The molecular weight excluding hydrogens is 180 g/mol. The minimum atomic E-state index is -2.12. The number of ether oxygens (including phenoxy) is 1. The first kappa shape index (κ1) is 10.8. The monoisotopic (exact) mass is 194 g/mol. The number of rotatable bonds is 2. The van der Waals surface area contributed by atoms with Crippen molar-refractivity contribution in [3.63, 3.8) is 0 Å². The molecular formula is C7H14O6. The standard InChI is InChI=1S/C7H14O6/c8-1-4-2-13-7(12,3-9)6(11)5(4)10/h4-6,8-12H,1-3H2/t4-,5+,6-,7-/m0/s1. The first-order valence-corrected chi connectivity index (χ1v) is 3.99. The highest BCUT2D eigenvalue weighted by atomic mass is 16.7. The molecule has 1 aliphatic heterocycles. The molecule has 0 aromatic rings. The lowest BCUT2D eigenvalue weighted by molar-refractivity contribution is -0.326. The van der Waals surface area contributed by atoms with Crippen molar-refractivity contribution in [2.75, 3.05) is 19.8 Å². The van der Waals surface area contributed by atoms with Crippen molar-refractivity contribution >= 4 is 0 Å². The van der Waals surface area contributed by atoms with E-state index in [9.17, 15) is 15.3 Å². The first-order chi connectivity index (χ1) is 6.05. The van der Waals surface area contributed by atoms with Gasteiger partial charge in [0.05, 0.1) is 25.9 Å². The Morgan fingerprint density at radius 1 is 1.31 bits per heavy atom. The molecule has 6 heteroatoms. The van der Waals surface area contributed by atoms with Crippen LogP contribution in [0.2, 0.25) is 0 Å². The molecule has 0 aromatic carbocycles. The Hall–Kier alpha value is -0.240. The molecule has 0 unspecified atom stereocenters. The molecule has 1 saturated heterocycles. The van der Waals surface area contributed by atoms with Crippen LogP contribution in [0.25, 0.3) is 0 Å². The summed E-state index contributed by atoms with van der Waals surface area (Å²) in [6.45, 7) is -1.26. The van der Waals surface area contributed by atoms with Crippen LogP contribution in [0.15, 0.2) is 0 Å². The topological polar surface area (TPSA) is 110 Å². The van der Waals surface area contributed by atoms with Gasteiger partial charge in [-0.15, -0.1) is 0 Å². The highest BCUT2D eigenvalue weighted by Gasteiger charge is 2.48. The minimum Gasteiger partial charge on any atom is -0.396 e. The van der Waals surface area contributed by atoms with Gasteiger partial charge in [-0.3, -0.25) is 0 Å². The summed E-state index contributed by atoms with van der Waals surface area (Å²) in [7, 11) is 0. The maximum Gasteiger partial charge on any atom is 0.218 e. The second kappa shape index (κ2) is 3.87. The molecule has 1 rings (SSSR count). The van der Waals surface area contributed by atoms with E-state index >= 15 is 0 Å². The third kappa shape index (κ3) is 1.83. The predicted molar refractivity (Wildman–Crippen MR) is 40.6 cm³/mol. The molecule has 1 fully saturated rings. The van der Waals surface area contributed by atoms with Crippen LogP contribution in [0.4, 0.5) is 0 Å². The maximum atomic E-state index is 9.37. The van der Waals surface area contributed by atoms with Gasteiger partial charge < -0.3 is 30.3 Å². The van der Waals surface area contributed by atoms with E-state index in [1.807, 2.05) is 0 Å². The van der Waals surface area contributed by atoms with Gasteiger partial charge in [0.2, 0.25) is 5.79 Å². The van der Waals surface area contributed by atoms with Crippen molar-refractivity contribution in [3.05, 3.63) is 0 Å². The average molecular weight is 194 g/mol. The predicted octanol–water partition coefficient (Wildman–Crippen LogP) is -2.97. The van der Waals surface area contributed by atoms with Gasteiger partial charge >= 0.3 is 0 Å². The summed E-state index contributed by atoms with van der Waals surface area (Å²) in [5.41, 5.74) is 0. The first-order valence-electron chi connectivity index (χ1n) is 3.99. The Morgan fingerprint density at radius 3 is 2.38 bits per heavy atom. The van der Waals surface area contributed by atoms with Crippen molar-refractivity contribution in [3.8, 4) is 0 Å². The van der Waals surface area contributed by atoms with Crippen molar-refractivity contribution < 1.29 is 30.3 Å². The molecule has 1 aliphatic rings. The molecule has 0 aliphatic carbocycles. The largest absolute Gasteiger partial charge is 0.396 e. The fraction of sp³-hybridized carbons (Fsp3) is 1.00. The normalized spacial score (nSPS) is 46.4. The lowest BCUT2D eigenvalue weighted by Crippen LogP contribution is -2.61. The summed E-state index contributed by atoms with van der Waals surface area (Å²) in [6, 6.07) is 0. The van der Waals surface area contributed by atoms with E-state index in [-0.39, 0.29) is 13.2 Å². The van der Waals surface area contributed by atoms with E-state index in [0.29, 0.717) is 0 Å². The second-order valence-electron chi connectivity index (χ2n) is 3.19. The van der Waals surface area contributed by atoms with Crippen molar-refractivity contribution in [1.82, 2.24) is 0 Å². The Labute approximate surface area is 75.0 Å². The quantitative estimate of drug-likeness (QED) is 0.321. The molecule has 0 radical (unpaired) electrons. The summed E-state index contributed by atoms with van der Waals surface area (Å²) in [5.74, 6) is -2.76. The van der Waals surface area contributed by atoms with Crippen molar-refractivity contribution in [1.29, 1.82) is 0 Å². The fourth-order valence-corrected chi connectivity index (χ4v) is 1.26. The van der Waals surface area contributed by atoms with E-state index in [4.69, 9.17) is 14.9 Å². The van der Waals surface area contributed by atoms with Gasteiger partial charge in [0.1, 0.15) is 6.10 Å². The zero-order valence-electron chi connectivity index (χ0n) is 7.00. The number of aliphatic hydroxyl groups excluding tert-OH is 4. The van der Waals surface area contributed by atoms with E-state index < -0.39 is 30.5 Å². The molecule has 0 amide bonds. The lowest BCUT2D eigenvalue weighted by Gasteiger charge is -2.41. The third-order valence-corrected chi connectivity index (χ3v) is 2.28. The smallest absolute Gasteiger partial charge is 0.218 e. The van der Waals surface area contributed by atoms with Gasteiger partial charge in [-0.25, -0.2) is 0 Å². The van der Waals surface area contributed by atoms with Gasteiger partial charge in [0.25, 0.3) is 0 Å². The molecule has 78 valence electrons. The second-order valence-corrected chi connectivity index (χ2v) is 3.19. The van der Waals surface area contributed by atoms with Gasteiger partial charge in [0.15, 0.2) is 0 Å². The fourth-order valence-electron chi connectivity index (χ4n) is 1.26. The minimum absolute atomic E-state index is 0.105. The molecule has 4 atom stereocenters. The molecule has 13 heavy (non-hydrogen) atoms. The van der Waals surface area contributed by atoms with Crippen LogP contribution in [-0.2, 0) is 4.74 Å². The molecule has 6 nitrogen and oxygen atoms in total. The highest BCUT2D eigenvalue weighted by molar-refractivity contribution is 4.90. The Bertz CT molecular complexity index is 174. The number of aliphatic hydroxyl groups is 5. The van der Waals surface area contributed by atoms with Crippen molar-refractivity contribution in [2.45, 2.75) is 18.0 Å². The summed E-state index contributed by atoms with van der Waals surface area (Å²) < 4.78 is 4.74. The zero-order valence-corrected chi connectivity index (χ0v) is 7.00. The van der Waals surface area contributed by atoms with Gasteiger partial charge in [0, 0.05) is 5.92 Å². The van der Waals surface area contributed by atoms with Crippen LogP contribution in [0.3, 0.4) is 0 Å². The van der Waals surface area contributed by atoms with E-state index in [2.05, 4.69) is 0 Å². The summed E-state index contributed by atoms with van der Waals surface area (Å²) >= 11 is 0. The molecule has 1 heterocycles. The average Bonchev–Trinajstić information content (AvgIpc) is 2.15. The number of hydrogen-bond donors (Lipinski definition) is 5. The third-order valence-electron chi connectivity index (χ3n) is 2.28. The summed E-state index contributed by atoms with van der Waals surface area (Å²) in [4.78, 5) is 0. The van der Waals surface area contributed by atoms with E-state index in [0.717, 1.165) is 0 Å². The Morgan fingerprint density at radius 2 is 1.92 bits per heavy atom. The van der Waals surface area contributed by atoms with Crippen LogP contribution >= 0.6 is 0 Å². The van der Waals surface area contributed by atoms with Gasteiger partial charge in [-0.1, -0.05) is 0 Å². The van der Waals surface area contributed by atoms with Crippen LogP contribution < -0.4 is 0 Å². The van der Waals surface area contributed by atoms with E-state index in [1.54, 1.807) is 0 Å².